The highest BCUT2D eigenvalue weighted by molar-refractivity contribution is 5.96. The number of ether oxygens (including phenoxy) is 2. The fourth-order valence-electron chi connectivity index (χ4n) is 2.78. The first kappa shape index (κ1) is 23.0. The highest BCUT2D eigenvalue weighted by Crippen LogP contribution is 2.28. The van der Waals surface area contributed by atoms with E-state index in [0.717, 1.165) is 43.9 Å². The van der Waals surface area contributed by atoms with Crippen molar-refractivity contribution in [3.05, 3.63) is 69.5 Å². The third-order valence-corrected chi connectivity index (χ3v) is 4.39. The molecule has 160 valence electrons. The highest BCUT2D eigenvalue weighted by atomic mass is 19.1. The van der Waals surface area contributed by atoms with E-state index >= 15 is 0 Å². The zero-order chi connectivity index (χ0) is 21.9. The number of unbranched alkanes of at least 4 members (excludes halogenated alkanes) is 5. The molecular formula is C22H24FNO6. The third-order valence-electron chi connectivity index (χ3n) is 4.39. The topological polar surface area (TPSA) is 95.7 Å². The lowest BCUT2D eigenvalue weighted by Gasteiger charge is -2.08. The van der Waals surface area contributed by atoms with Gasteiger partial charge in [-0.25, -0.2) is 14.0 Å². The SMILES string of the molecule is CCCCCCCCOC(=O)c1cccc(C(=O)Oc2cc(F)ccc2[N+](=O)[O-])c1. The van der Waals surface area contributed by atoms with E-state index in [2.05, 4.69) is 6.92 Å². The first-order valence-corrected chi connectivity index (χ1v) is 9.85. The smallest absolute Gasteiger partial charge is 0.343 e. The van der Waals surface area contributed by atoms with E-state index in [9.17, 15) is 24.1 Å². The van der Waals surface area contributed by atoms with Crippen LogP contribution in [0.2, 0.25) is 0 Å². The monoisotopic (exact) mass is 417 g/mol. The number of nitro groups is 1. The van der Waals surface area contributed by atoms with Crippen molar-refractivity contribution in [2.24, 2.45) is 0 Å². The van der Waals surface area contributed by atoms with E-state index in [-0.39, 0.29) is 17.7 Å². The number of benzene rings is 2. The summed E-state index contributed by atoms with van der Waals surface area (Å²) in [4.78, 5) is 34.8. The molecule has 0 N–H and O–H groups in total. The van der Waals surface area contributed by atoms with Gasteiger partial charge in [0, 0.05) is 12.1 Å². The van der Waals surface area contributed by atoms with Crippen LogP contribution in [0.5, 0.6) is 5.75 Å². The summed E-state index contributed by atoms with van der Waals surface area (Å²) in [5, 5.41) is 11.0. The van der Waals surface area contributed by atoms with Crippen LogP contribution < -0.4 is 4.74 Å². The summed E-state index contributed by atoms with van der Waals surface area (Å²) >= 11 is 0. The van der Waals surface area contributed by atoms with Gasteiger partial charge in [-0.1, -0.05) is 45.1 Å². The zero-order valence-corrected chi connectivity index (χ0v) is 16.8. The summed E-state index contributed by atoms with van der Waals surface area (Å²) in [6.07, 6.45) is 6.37. The molecule has 30 heavy (non-hydrogen) atoms. The Bertz CT molecular complexity index is 899. The Balaban J connectivity index is 1.96. The molecule has 2 rings (SSSR count). The molecule has 2 aromatic rings. The van der Waals surface area contributed by atoms with Crippen LogP contribution in [0.4, 0.5) is 10.1 Å². The second-order valence-electron chi connectivity index (χ2n) is 6.74. The van der Waals surface area contributed by atoms with E-state index in [1.807, 2.05) is 0 Å². The molecule has 0 radical (unpaired) electrons. The Kier molecular flexibility index (Phi) is 8.93. The van der Waals surface area contributed by atoms with Crippen molar-refractivity contribution in [1.29, 1.82) is 0 Å². The first-order chi connectivity index (χ1) is 14.4. The lowest BCUT2D eigenvalue weighted by atomic mass is 10.1. The number of halogens is 1. The van der Waals surface area contributed by atoms with Crippen LogP contribution in [0.1, 0.15) is 66.2 Å². The Labute approximate surface area is 174 Å². The number of esters is 2. The lowest BCUT2D eigenvalue weighted by Crippen LogP contribution is -2.12. The molecule has 7 nitrogen and oxygen atoms in total. The molecule has 0 aliphatic rings. The summed E-state index contributed by atoms with van der Waals surface area (Å²) in [5.41, 5.74) is -0.397. The molecule has 0 spiro atoms. The van der Waals surface area contributed by atoms with Crippen molar-refractivity contribution < 1.29 is 28.4 Å². The van der Waals surface area contributed by atoms with E-state index in [1.54, 1.807) is 0 Å². The van der Waals surface area contributed by atoms with E-state index < -0.39 is 34.1 Å². The molecule has 0 atom stereocenters. The third kappa shape index (κ3) is 6.95. The number of nitrogens with zero attached hydrogens (tertiary/aromatic N) is 1. The standard InChI is InChI=1S/C22H24FNO6/c1-2-3-4-5-6-7-13-29-21(25)16-9-8-10-17(14-16)22(26)30-20-15-18(23)11-12-19(20)24(27)28/h8-12,14-15H,2-7,13H2,1H3. The van der Waals surface area contributed by atoms with Gasteiger partial charge in [-0.3, -0.25) is 10.1 Å². The number of rotatable bonds is 11. The minimum Gasteiger partial charge on any atom is -0.462 e. The molecule has 0 unspecified atom stereocenters. The van der Waals surface area contributed by atoms with Crippen LogP contribution in [-0.4, -0.2) is 23.5 Å². The summed E-state index contributed by atoms with van der Waals surface area (Å²) in [6, 6.07) is 8.19. The first-order valence-electron chi connectivity index (χ1n) is 9.85. The lowest BCUT2D eigenvalue weighted by molar-refractivity contribution is -0.385. The fourth-order valence-corrected chi connectivity index (χ4v) is 2.78. The number of carbonyl (C=O) groups excluding carboxylic acids is 2. The molecule has 0 aromatic heterocycles. The van der Waals surface area contributed by atoms with Crippen LogP contribution in [0.25, 0.3) is 0 Å². The Morgan fingerprint density at radius 2 is 1.63 bits per heavy atom. The van der Waals surface area contributed by atoms with Crippen molar-refractivity contribution >= 4 is 17.6 Å². The molecular weight excluding hydrogens is 393 g/mol. The summed E-state index contributed by atoms with van der Waals surface area (Å²) in [6.45, 7) is 2.43. The molecule has 0 aliphatic carbocycles. The molecule has 0 aliphatic heterocycles. The van der Waals surface area contributed by atoms with Gasteiger partial charge in [0.05, 0.1) is 22.7 Å². The number of nitro benzene ring substituents is 1. The van der Waals surface area contributed by atoms with Crippen molar-refractivity contribution in [1.82, 2.24) is 0 Å². The molecule has 0 fully saturated rings. The van der Waals surface area contributed by atoms with Gasteiger partial charge in [0.1, 0.15) is 5.82 Å². The molecule has 0 heterocycles. The summed E-state index contributed by atoms with van der Waals surface area (Å²) < 4.78 is 23.6. The van der Waals surface area contributed by atoms with Crippen LogP contribution in [0.15, 0.2) is 42.5 Å². The van der Waals surface area contributed by atoms with Crippen LogP contribution in [0, 0.1) is 15.9 Å². The molecule has 0 saturated carbocycles. The van der Waals surface area contributed by atoms with Crippen molar-refractivity contribution in [3.8, 4) is 5.75 Å². The number of hydrogen-bond acceptors (Lipinski definition) is 6. The number of carbonyl (C=O) groups is 2. The van der Waals surface area contributed by atoms with Crippen molar-refractivity contribution in [2.75, 3.05) is 6.61 Å². The summed E-state index contributed by atoms with van der Waals surface area (Å²) in [7, 11) is 0. The van der Waals surface area contributed by atoms with Gasteiger partial charge in [0.25, 0.3) is 0 Å². The Morgan fingerprint density at radius 1 is 0.967 bits per heavy atom. The van der Waals surface area contributed by atoms with Crippen molar-refractivity contribution in [3.63, 3.8) is 0 Å². The van der Waals surface area contributed by atoms with E-state index in [1.165, 1.54) is 37.1 Å². The molecule has 8 heteroatoms. The predicted octanol–water partition coefficient (Wildman–Crippen LogP) is 5.47. The second kappa shape index (κ2) is 11.6. The van der Waals surface area contributed by atoms with Crippen LogP contribution >= 0.6 is 0 Å². The van der Waals surface area contributed by atoms with E-state index in [4.69, 9.17) is 9.47 Å². The maximum atomic E-state index is 13.4. The molecule has 2 aromatic carbocycles. The van der Waals surface area contributed by atoms with Gasteiger partial charge < -0.3 is 9.47 Å². The minimum absolute atomic E-state index is 0.0115. The second-order valence-corrected chi connectivity index (χ2v) is 6.74. The zero-order valence-electron chi connectivity index (χ0n) is 16.8. The normalized spacial score (nSPS) is 10.5. The van der Waals surface area contributed by atoms with Gasteiger partial charge >= 0.3 is 17.6 Å². The van der Waals surface area contributed by atoms with Gasteiger partial charge in [0.2, 0.25) is 5.75 Å². The molecule has 0 bridgehead atoms. The van der Waals surface area contributed by atoms with Crippen LogP contribution in [-0.2, 0) is 4.74 Å². The van der Waals surface area contributed by atoms with Crippen LogP contribution in [0.3, 0.4) is 0 Å². The van der Waals surface area contributed by atoms with Gasteiger partial charge in [-0.2, -0.15) is 0 Å². The Morgan fingerprint density at radius 3 is 2.33 bits per heavy atom. The summed E-state index contributed by atoms with van der Waals surface area (Å²) in [5.74, 6) is -2.82. The average Bonchev–Trinajstić information content (AvgIpc) is 2.73. The maximum Gasteiger partial charge on any atom is 0.343 e. The average molecular weight is 417 g/mol. The number of hydrogen-bond donors (Lipinski definition) is 0. The van der Waals surface area contributed by atoms with Crippen molar-refractivity contribution in [2.45, 2.75) is 45.4 Å². The molecule has 0 amide bonds. The minimum atomic E-state index is -0.950. The van der Waals surface area contributed by atoms with Gasteiger partial charge in [-0.05, 0) is 30.7 Å². The Hall–Kier alpha value is -3.29. The highest BCUT2D eigenvalue weighted by Gasteiger charge is 2.20. The van der Waals surface area contributed by atoms with E-state index in [0.29, 0.717) is 0 Å². The molecule has 0 saturated heterocycles. The quantitative estimate of drug-likeness (QED) is 0.158. The predicted molar refractivity (Wildman–Crippen MR) is 108 cm³/mol. The van der Waals surface area contributed by atoms with Gasteiger partial charge in [-0.15, -0.1) is 0 Å². The fraction of sp³-hybridized carbons (Fsp3) is 0.364. The largest absolute Gasteiger partial charge is 0.462 e. The maximum absolute atomic E-state index is 13.4. The van der Waals surface area contributed by atoms with Gasteiger partial charge in [0.15, 0.2) is 0 Å².